The molecule has 0 aliphatic rings. The van der Waals surface area contributed by atoms with Gasteiger partial charge in [0.05, 0.1) is 0 Å². The third kappa shape index (κ3) is 6.84. The van der Waals surface area contributed by atoms with E-state index in [9.17, 15) is 0 Å². The maximum Gasteiger partial charge on any atom is 0.0112 e. The molecular weight excluding hydrogens is 235 g/mol. The topological polar surface area (TPSA) is 0 Å². The first-order valence-corrected chi connectivity index (χ1v) is 5.55. The molecule has 0 rings (SSSR count). The lowest BCUT2D eigenvalue weighted by molar-refractivity contribution is 0.548. The summed E-state index contributed by atoms with van der Waals surface area (Å²) >= 11 is 2.58. The Labute approximate surface area is 78.9 Å². The molecule has 0 saturated heterocycles. The molecule has 0 amide bonds. The molecule has 0 aromatic heterocycles. The van der Waals surface area contributed by atoms with Gasteiger partial charge in [0, 0.05) is 3.92 Å². The van der Waals surface area contributed by atoms with Gasteiger partial charge in [-0.25, -0.2) is 0 Å². The van der Waals surface area contributed by atoms with Crippen molar-refractivity contribution in [3.05, 3.63) is 0 Å². The fourth-order valence-corrected chi connectivity index (χ4v) is 2.51. The van der Waals surface area contributed by atoms with Crippen molar-refractivity contribution < 1.29 is 0 Å². The summed E-state index contributed by atoms with van der Waals surface area (Å²) in [5, 5.41) is 0. The first-order chi connectivity index (χ1) is 4.66. The van der Waals surface area contributed by atoms with Crippen LogP contribution in [-0.2, 0) is 0 Å². The summed E-state index contributed by atoms with van der Waals surface area (Å²) in [5.41, 5.74) is 0. The first kappa shape index (κ1) is 10.7. The molecule has 62 valence electrons. The standard InChI is InChI=1S/C9H19I/c1-4-5-6-9(10)7-8(2)3/h8-9H,4-7H2,1-3H3. The number of rotatable bonds is 5. The van der Waals surface area contributed by atoms with Crippen LogP contribution in [0.2, 0.25) is 0 Å². The van der Waals surface area contributed by atoms with Gasteiger partial charge >= 0.3 is 0 Å². The van der Waals surface area contributed by atoms with Crippen LogP contribution in [0.3, 0.4) is 0 Å². The van der Waals surface area contributed by atoms with Gasteiger partial charge in [-0.3, -0.25) is 0 Å². The Kier molecular flexibility index (Phi) is 6.91. The summed E-state index contributed by atoms with van der Waals surface area (Å²) in [6, 6.07) is 0. The Morgan fingerprint density at radius 3 is 2.30 bits per heavy atom. The van der Waals surface area contributed by atoms with Crippen LogP contribution in [0.4, 0.5) is 0 Å². The number of hydrogen-bond acceptors (Lipinski definition) is 0. The molecule has 0 aromatic rings. The van der Waals surface area contributed by atoms with Crippen molar-refractivity contribution in [3.63, 3.8) is 0 Å². The normalized spacial score (nSPS) is 14.1. The van der Waals surface area contributed by atoms with Crippen LogP contribution < -0.4 is 0 Å². The molecule has 0 heterocycles. The van der Waals surface area contributed by atoms with Crippen molar-refractivity contribution in [2.45, 2.75) is 50.4 Å². The second kappa shape index (κ2) is 6.44. The number of unbranched alkanes of at least 4 members (excludes halogenated alkanes) is 1. The van der Waals surface area contributed by atoms with E-state index in [1.54, 1.807) is 0 Å². The second-order valence-electron chi connectivity index (χ2n) is 3.37. The highest BCUT2D eigenvalue weighted by atomic mass is 127. The van der Waals surface area contributed by atoms with E-state index in [0.29, 0.717) is 0 Å². The maximum absolute atomic E-state index is 2.58. The Balaban J connectivity index is 3.16. The molecule has 0 fully saturated rings. The Morgan fingerprint density at radius 1 is 1.30 bits per heavy atom. The largest absolute Gasteiger partial charge is 0.0826 e. The van der Waals surface area contributed by atoms with Gasteiger partial charge in [0.15, 0.2) is 0 Å². The van der Waals surface area contributed by atoms with Crippen molar-refractivity contribution in [3.8, 4) is 0 Å². The van der Waals surface area contributed by atoms with E-state index in [1.165, 1.54) is 25.7 Å². The van der Waals surface area contributed by atoms with Crippen LogP contribution in [-0.4, -0.2) is 3.92 Å². The molecule has 1 unspecified atom stereocenters. The van der Waals surface area contributed by atoms with Crippen LogP contribution in [0.5, 0.6) is 0 Å². The predicted octanol–water partition coefficient (Wildman–Crippen LogP) is 4.03. The highest BCUT2D eigenvalue weighted by Gasteiger charge is 2.04. The summed E-state index contributed by atoms with van der Waals surface area (Å²) in [6.45, 7) is 6.87. The fourth-order valence-electron chi connectivity index (χ4n) is 1.05. The average Bonchev–Trinajstić information content (AvgIpc) is 1.82. The summed E-state index contributed by atoms with van der Waals surface area (Å²) in [7, 11) is 0. The highest BCUT2D eigenvalue weighted by molar-refractivity contribution is 14.1. The highest BCUT2D eigenvalue weighted by Crippen LogP contribution is 2.18. The van der Waals surface area contributed by atoms with Crippen LogP contribution in [0, 0.1) is 5.92 Å². The lowest BCUT2D eigenvalue weighted by Crippen LogP contribution is -2.01. The van der Waals surface area contributed by atoms with E-state index in [1.807, 2.05) is 0 Å². The smallest absolute Gasteiger partial charge is 0.0112 e. The quantitative estimate of drug-likeness (QED) is 0.513. The first-order valence-electron chi connectivity index (χ1n) is 4.30. The van der Waals surface area contributed by atoms with Crippen molar-refractivity contribution in [2.24, 2.45) is 5.92 Å². The Hall–Kier alpha value is 0.730. The van der Waals surface area contributed by atoms with Gasteiger partial charge in [0.1, 0.15) is 0 Å². The maximum atomic E-state index is 2.58. The minimum absolute atomic E-state index is 0.874. The van der Waals surface area contributed by atoms with E-state index in [2.05, 4.69) is 43.4 Å². The molecule has 0 radical (unpaired) electrons. The van der Waals surface area contributed by atoms with Crippen molar-refractivity contribution >= 4 is 22.6 Å². The zero-order valence-electron chi connectivity index (χ0n) is 7.36. The van der Waals surface area contributed by atoms with E-state index in [-0.39, 0.29) is 0 Å². The molecule has 1 atom stereocenters. The van der Waals surface area contributed by atoms with Gasteiger partial charge in [-0.1, -0.05) is 56.2 Å². The van der Waals surface area contributed by atoms with E-state index < -0.39 is 0 Å². The third-order valence-electron chi connectivity index (χ3n) is 1.60. The van der Waals surface area contributed by atoms with E-state index in [0.717, 1.165) is 9.84 Å². The average molecular weight is 254 g/mol. The second-order valence-corrected chi connectivity index (χ2v) is 5.13. The van der Waals surface area contributed by atoms with Crippen LogP contribution in [0.25, 0.3) is 0 Å². The SMILES string of the molecule is CCCCC(I)CC(C)C. The summed E-state index contributed by atoms with van der Waals surface area (Å²) in [6.07, 6.45) is 5.55. The molecule has 0 aliphatic heterocycles. The van der Waals surface area contributed by atoms with Crippen LogP contribution in [0.15, 0.2) is 0 Å². The number of halogens is 1. The number of alkyl halides is 1. The zero-order chi connectivity index (χ0) is 7.98. The lowest BCUT2D eigenvalue weighted by atomic mass is 10.0. The zero-order valence-corrected chi connectivity index (χ0v) is 9.52. The minimum atomic E-state index is 0.874. The molecule has 0 bridgehead atoms. The summed E-state index contributed by atoms with van der Waals surface area (Å²) in [4.78, 5) is 0. The summed E-state index contributed by atoms with van der Waals surface area (Å²) < 4.78 is 0.914. The lowest BCUT2D eigenvalue weighted by Gasteiger charge is -2.10. The molecular formula is C9H19I. The van der Waals surface area contributed by atoms with Crippen molar-refractivity contribution in [1.82, 2.24) is 0 Å². The van der Waals surface area contributed by atoms with Crippen LogP contribution in [0.1, 0.15) is 46.5 Å². The molecule has 0 N–H and O–H groups in total. The summed E-state index contributed by atoms with van der Waals surface area (Å²) in [5.74, 6) is 0.874. The Bertz CT molecular complexity index is 69.1. The van der Waals surface area contributed by atoms with Gasteiger partial charge in [-0.2, -0.15) is 0 Å². The van der Waals surface area contributed by atoms with Crippen LogP contribution >= 0.6 is 22.6 Å². The van der Waals surface area contributed by atoms with Gasteiger partial charge in [0.25, 0.3) is 0 Å². The van der Waals surface area contributed by atoms with Crippen molar-refractivity contribution in [2.75, 3.05) is 0 Å². The predicted molar refractivity (Wildman–Crippen MR) is 56.8 cm³/mol. The fraction of sp³-hybridized carbons (Fsp3) is 1.00. The van der Waals surface area contributed by atoms with Gasteiger partial charge < -0.3 is 0 Å². The molecule has 1 heteroatoms. The molecule has 0 aliphatic carbocycles. The molecule has 0 spiro atoms. The molecule has 0 aromatic carbocycles. The third-order valence-corrected chi connectivity index (χ3v) is 2.73. The monoisotopic (exact) mass is 254 g/mol. The van der Waals surface area contributed by atoms with Crippen molar-refractivity contribution in [1.29, 1.82) is 0 Å². The molecule has 0 nitrogen and oxygen atoms in total. The van der Waals surface area contributed by atoms with Gasteiger partial charge in [0.2, 0.25) is 0 Å². The Morgan fingerprint density at radius 2 is 1.90 bits per heavy atom. The van der Waals surface area contributed by atoms with Gasteiger partial charge in [-0.05, 0) is 18.8 Å². The van der Waals surface area contributed by atoms with E-state index in [4.69, 9.17) is 0 Å². The van der Waals surface area contributed by atoms with Gasteiger partial charge in [-0.15, -0.1) is 0 Å². The van der Waals surface area contributed by atoms with E-state index >= 15 is 0 Å². The molecule has 10 heavy (non-hydrogen) atoms. The number of hydrogen-bond donors (Lipinski definition) is 0. The molecule has 0 saturated carbocycles. The minimum Gasteiger partial charge on any atom is -0.0826 e.